The molecule has 0 spiro atoms. The smallest absolute Gasteiger partial charge is 0.266 e. The highest BCUT2D eigenvalue weighted by Gasteiger charge is 2.29. The van der Waals surface area contributed by atoms with Crippen molar-refractivity contribution in [1.29, 1.82) is 0 Å². The highest BCUT2D eigenvalue weighted by Crippen LogP contribution is 2.33. The molecule has 1 atom stereocenters. The number of aromatic nitrogens is 1. The molecular formula is C22H24ClFN4O2S2. The number of hydrogen-bond acceptors (Lipinski definition) is 6. The first-order valence-electron chi connectivity index (χ1n) is 10.1. The predicted octanol–water partition coefficient (Wildman–Crippen LogP) is 4.76. The topological polar surface area (TPSA) is 65.5 Å². The lowest BCUT2D eigenvalue weighted by atomic mass is 10.1. The fourth-order valence-electron chi connectivity index (χ4n) is 3.87. The summed E-state index contributed by atoms with van der Waals surface area (Å²) in [6.07, 6.45) is 0.908. The first kappa shape index (κ1) is 23.0. The number of nitrogens with one attached hydrogen (secondary N) is 1. The van der Waals surface area contributed by atoms with Crippen LogP contribution in [-0.4, -0.2) is 44.5 Å². The molecule has 1 unspecified atom stereocenters. The second kappa shape index (κ2) is 9.35. The van der Waals surface area contributed by atoms with E-state index in [9.17, 15) is 12.8 Å². The molecule has 1 fully saturated rings. The molecule has 2 heterocycles. The van der Waals surface area contributed by atoms with Crippen molar-refractivity contribution >= 4 is 44.5 Å². The lowest BCUT2D eigenvalue weighted by Crippen LogP contribution is -2.34. The predicted molar refractivity (Wildman–Crippen MR) is 128 cm³/mol. The zero-order chi connectivity index (χ0) is 22.9. The van der Waals surface area contributed by atoms with Crippen LogP contribution in [0.15, 0.2) is 52.2 Å². The van der Waals surface area contributed by atoms with Crippen LogP contribution in [0.25, 0.3) is 0 Å². The number of sulfonamides is 1. The molecule has 4 rings (SSSR count). The second-order valence-corrected chi connectivity index (χ2v) is 10.8. The fraction of sp³-hybridized carbons (Fsp3) is 0.318. The Morgan fingerprint density at radius 2 is 2.06 bits per heavy atom. The van der Waals surface area contributed by atoms with Gasteiger partial charge < -0.3 is 4.90 Å². The van der Waals surface area contributed by atoms with Crippen molar-refractivity contribution in [2.75, 3.05) is 29.8 Å². The van der Waals surface area contributed by atoms with Crippen molar-refractivity contribution in [3.8, 4) is 0 Å². The molecule has 170 valence electrons. The quantitative estimate of drug-likeness (QED) is 0.513. The minimum atomic E-state index is -4.14. The third-order valence-corrected chi connectivity index (χ3v) is 7.92. The minimum absolute atomic E-state index is 0.145. The second-order valence-electron chi connectivity index (χ2n) is 7.99. The molecule has 0 aliphatic carbocycles. The molecule has 0 saturated carbocycles. The van der Waals surface area contributed by atoms with E-state index in [1.54, 1.807) is 0 Å². The van der Waals surface area contributed by atoms with Gasteiger partial charge in [-0.25, -0.2) is 17.8 Å². The van der Waals surface area contributed by atoms with Crippen molar-refractivity contribution in [3.05, 3.63) is 69.3 Å². The first-order chi connectivity index (χ1) is 15.2. The molecule has 1 saturated heterocycles. The number of likely N-dealkylation sites (N-methyl/N-ethyl adjacent to an activating group) is 1. The van der Waals surface area contributed by atoms with Crippen LogP contribution in [0.1, 0.15) is 17.5 Å². The highest BCUT2D eigenvalue weighted by molar-refractivity contribution is 7.92. The molecule has 10 heteroatoms. The summed E-state index contributed by atoms with van der Waals surface area (Å²) in [7, 11) is -2.27. The molecule has 1 aromatic heterocycles. The standard InChI is InChI=1S/C22H24ClFN4O2S2/c1-15-3-5-16(6-4-15)11-28-8-7-17(12-28)27(2)20-10-19(24)21(9-18(20)23)32(29,30)26-22-13-31-14-25-22/h3-6,9-10,13-14,17,26H,7-8,11-12H2,1-2H3. The van der Waals surface area contributed by atoms with Gasteiger partial charge in [0.05, 0.1) is 16.2 Å². The van der Waals surface area contributed by atoms with Crippen LogP contribution in [-0.2, 0) is 16.6 Å². The Kier molecular flexibility index (Phi) is 6.71. The Hall–Kier alpha value is -2.20. The van der Waals surface area contributed by atoms with E-state index in [-0.39, 0.29) is 16.9 Å². The maximum atomic E-state index is 14.9. The number of nitrogens with zero attached hydrogens (tertiary/aromatic N) is 3. The van der Waals surface area contributed by atoms with Gasteiger partial charge in [0.2, 0.25) is 0 Å². The van der Waals surface area contributed by atoms with E-state index in [0.29, 0.717) is 5.69 Å². The minimum Gasteiger partial charge on any atom is -0.369 e. The van der Waals surface area contributed by atoms with Crippen molar-refractivity contribution in [3.63, 3.8) is 0 Å². The number of benzene rings is 2. The normalized spacial score (nSPS) is 16.9. The van der Waals surface area contributed by atoms with E-state index in [1.807, 2.05) is 11.9 Å². The maximum Gasteiger partial charge on any atom is 0.266 e. The highest BCUT2D eigenvalue weighted by atomic mass is 35.5. The summed E-state index contributed by atoms with van der Waals surface area (Å²) in [4.78, 5) is 7.67. The molecule has 1 N–H and O–H groups in total. The molecule has 0 radical (unpaired) electrons. The van der Waals surface area contributed by atoms with Crippen molar-refractivity contribution in [2.24, 2.45) is 0 Å². The van der Waals surface area contributed by atoms with E-state index < -0.39 is 20.7 Å². The number of aryl methyl sites for hydroxylation is 1. The largest absolute Gasteiger partial charge is 0.369 e. The maximum absolute atomic E-state index is 14.9. The summed E-state index contributed by atoms with van der Waals surface area (Å²) >= 11 is 7.65. The van der Waals surface area contributed by atoms with Gasteiger partial charge in [0.15, 0.2) is 5.82 Å². The van der Waals surface area contributed by atoms with Crippen LogP contribution in [0, 0.1) is 12.7 Å². The van der Waals surface area contributed by atoms with E-state index in [4.69, 9.17) is 11.6 Å². The zero-order valence-electron chi connectivity index (χ0n) is 17.8. The summed E-state index contributed by atoms with van der Waals surface area (Å²) in [5.74, 6) is -0.708. The number of anilines is 2. The molecule has 0 bridgehead atoms. The zero-order valence-corrected chi connectivity index (χ0v) is 20.1. The van der Waals surface area contributed by atoms with Gasteiger partial charge in [0.25, 0.3) is 10.0 Å². The monoisotopic (exact) mass is 494 g/mol. The SMILES string of the molecule is Cc1ccc(CN2CCC(N(C)c3cc(F)c(S(=O)(=O)Nc4cscn4)cc3Cl)C2)cc1. The van der Waals surface area contributed by atoms with Crippen LogP contribution >= 0.6 is 22.9 Å². The summed E-state index contributed by atoms with van der Waals surface area (Å²) in [5.41, 5.74) is 4.45. The lowest BCUT2D eigenvalue weighted by Gasteiger charge is -2.28. The van der Waals surface area contributed by atoms with Gasteiger partial charge in [-0.05, 0) is 25.0 Å². The number of hydrogen-bond donors (Lipinski definition) is 1. The average molecular weight is 495 g/mol. The summed E-state index contributed by atoms with van der Waals surface area (Å²) in [6.45, 7) is 4.66. The van der Waals surface area contributed by atoms with Gasteiger partial charge in [0, 0.05) is 44.2 Å². The summed E-state index contributed by atoms with van der Waals surface area (Å²) in [6, 6.07) is 11.0. The Morgan fingerprint density at radius 1 is 1.31 bits per heavy atom. The Balaban J connectivity index is 1.47. The molecule has 2 aromatic carbocycles. The summed E-state index contributed by atoms with van der Waals surface area (Å²) in [5, 5.41) is 1.71. The molecule has 0 amide bonds. The number of likely N-dealkylation sites (tertiary alicyclic amines) is 1. The van der Waals surface area contributed by atoms with Crippen molar-refractivity contribution in [2.45, 2.75) is 30.8 Å². The van der Waals surface area contributed by atoms with Crippen LogP contribution in [0.3, 0.4) is 0 Å². The van der Waals surface area contributed by atoms with E-state index >= 15 is 0 Å². The van der Waals surface area contributed by atoms with Crippen molar-refractivity contribution in [1.82, 2.24) is 9.88 Å². The van der Waals surface area contributed by atoms with Crippen LogP contribution in [0.2, 0.25) is 5.02 Å². The van der Waals surface area contributed by atoms with Gasteiger partial charge in [-0.3, -0.25) is 9.62 Å². The summed E-state index contributed by atoms with van der Waals surface area (Å²) < 4.78 is 42.3. The van der Waals surface area contributed by atoms with Gasteiger partial charge in [0.1, 0.15) is 10.7 Å². The third-order valence-electron chi connectivity index (χ3n) is 5.66. The van der Waals surface area contributed by atoms with Crippen LogP contribution in [0.5, 0.6) is 0 Å². The van der Waals surface area contributed by atoms with E-state index in [0.717, 1.165) is 32.1 Å². The molecule has 6 nitrogen and oxygen atoms in total. The van der Waals surface area contributed by atoms with Gasteiger partial charge in [-0.1, -0.05) is 41.4 Å². The molecular weight excluding hydrogens is 471 g/mol. The molecule has 1 aliphatic heterocycles. The Morgan fingerprint density at radius 3 is 2.75 bits per heavy atom. The Labute approximate surface area is 196 Å². The van der Waals surface area contributed by atoms with Gasteiger partial charge in [-0.2, -0.15) is 0 Å². The van der Waals surface area contributed by atoms with E-state index in [2.05, 4.69) is 45.8 Å². The van der Waals surface area contributed by atoms with Gasteiger partial charge >= 0.3 is 0 Å². The molecule has 3 aromatic rings. The fourth-order valence-corrected chi connectivity index (χ4v) is 5.88. The first-order valence-corrected chi connectivity index (χ1v) is 12.9. The number of rotatable bonds is 7. The van der Waals surface area contributed by atoms with Crippen molar-refractivity contribution < 1.29 is 12.8 Å². The number of halogens is 2. The van der Waals surface area contributed by atoms with Gasteiger partial charge in [-0.15, -0.1) is 11.3 Å². The van der Waals surface area contributed by atoms with Crippen LogP contribution < -0.4 is 9.62 Å². The number of thiazole rings is 1. The molecule has 1 aliphatic rings. The third kappa shape index (κ3) is 5.06. The van der Waals surface area contributed by atoms with Crippen LogP contribution in [0.4, 0.5) is 15.9 Å². The average Bonchev–Trinajstić information content (AvgIpc) is 3.42. The van der Waals surface area contributed by atoms with E-state index in [1.165, 1.54) is 39.4 Å². The Bertz CT molecular complexity index is 1190. The lowest BCUT2D eigenvalue weighted by molar-refractivity contribution is 0.326. The molecule has 32 heavy (non-hydrogen) atoms.